The molecule has 0 spiro atoms. The van der Waals surface area contributed by atoms with Gasteiger partial charge in [-0.2, -0.15) is 0 Å². The van der Waals surface area contributed by atoms with E-state index in [1.54, 1.807) is 6.07 Å². The molecule has 0 bridgehead atoms. The number of carbonyl (C=O) groups excluding carboxylic acids is 1. The van der Waals surface area contributed by atoms with Gasteiger partial charge in [-0.1, -0.05) is 37.0 Å². The summed E-state index contributed by atoms with van der Waals surface area (Å²) in [6.45, 7) is 5.87. The van der Waals surface area contributed by atoms with E-state index in [0.717, 1.165) is 18.4 Å². The van der Waals surface area contributed by atoms with E-state index in [2.05, 4.69) is 13.8 Å². The Bertz CT molecular complexity index is 483. The molecule has 116 valence electrons. The minimum atomic E-state index is -0.159. The van der Waals surface area contributed by atoms with Crippen molar-refractivity contribution in [2.24, 2.45) is 5.92 Å². The van der Waals surface area contributed by atoms with E-state index in [9.17, 15) is 4.79 Å². The van der Waals surface area contributed by atoms with Gasteiger partial charge in [-0.15, -0.1) is 0 Å². The lowest BCUT2D eigenvalue weighted by Gasteiger charge is -2.35. The second kappa shape index (κ2) is 7.48. The van der Waals surface area contributed by atoms with Gasteiger partial charge in [-0.3, -0.25) is 4.79 Å². The third-order valence-electron chi connectivity index (χ3n) is 3.97. The van der Waals surface area contributed by atoms with Crippen LogP contribution in [0.15, 0.2) is 18.2 Å². The number of morpholine rings is 1. The van der Waals surface area contributed by atoms with Crippen LogP contribution in [0.2, 0.25) is 10.0 Å². The van der Waals surface area contributed by atoms with Crippen molar-refractivity contribution in [2.75, 3.05) is 19.7 Å². The highest BCUT2D eigenvalue weighted by atomic mass is 35.5. The SMILES string of the molecule is CCC(CC)C(=O)N1CCOC(c2cc(Cl)cc(Cl)c2)C1. The maximum atomic E-state index is 12.5. The number of ether oxygens (including phenoxy) is 1. The highest BCUT2D eigenvalue weighted by molar-refractivity contribution is 6.34. The molecule has 21 heavy (non-hydrogen) atoms. The molecule has 1 saturated heterocycles. The molecular weight excluding hydrogens is 309 g/mol. The molecule has 1 heterocycles. The molecule has 0 N–H and O–H groups in total. The molecular formula is C16H21Cl2NO2. The van der Waals surface area contributed by atoms with E-state index < -0.39 is 0 Å². The van der Waals surface area contributed by atoms with Gasteiger partial charge in [-0.25, -0.2) is 0 Å². The highest BCUT2D eigenvalue weighted by Crippen LogP contribution is 2.28. The molecule has 0 radical (unpaired) electrons. The van der Waals surface area contributed by atoms with Crippen molar-refractivity contribution in [3.05, 3.63) is 33.8 Å². The topological polar surface area (TPSA) is 29.5 Å². The van der Waals surface area contributed by atoms with Crippen molar-refractivity contribution < 1.29 is 9.53 Å². The molecule has 1 unspecified atom stereocenters. The van der Waals surface area contributed by atoms with Gasteiger partial charge in [-0.05, 0) is 36.6 Å². The third-order valence-corrected chi connectivity index (χ3v) is 4.41. The van der Waals surface area contributed by atoms with Crippen LogP contribution in [-0.4, -0.2) is 30.5 Å². The smallest absolute Gasteiger partial charge is 0.225 e. The second-order valence-corrected chi connectivity index (χ2v) is 6.23. The van der Waals surface area contributed by atoms with Crippen LogP contribution in [0, 0.1) is 5.92 Å². The summed E-state index contributed by atoms with van der Waals surface area (Å²) in [6, 6.07) is 5.40. The van der Waals surface area contributed by atoms with Gasteiger partial charge < -0.3 is 9.64 Å². The van der Waals surface area contributed by atoms with Crippen LogP contribution < -0.4 is 0 Å². The first-order chi connectivity index (χ1) is 10.0. The second-order valence-electron chi connectivity index (χ2n) is 5.36. The first kappa shape index (κ1) is 16.6. The molecule has 0 aliphatic carbocycles. The fourth-order valence-electron chi connectivity index (χ4n) is 2.71. The van der Waals surface area contributed by atoms with E-state index in [1.807, 2.05) is 17.0 Å². The Morgan fingerprint density at radius 3 is 2.48 bits per heavy atom. The van der Waals surface area contributed by atoms with Gasteiger partial charge in [0.25, 0.3) is 0 Å². The van der Waals surface area contributed by atoms with Gasteiger partial charge >= 0.3 is 0 Å². The van der Waals surface area contributed by atoms with Crippen LogP contribution >= 0.6 is 23.2 Å². The van der Waals surface area contributed by atoms with Crippen LogP contribution in [0.3, 0.4) is 0 Å². The van der Waals surface area contributed by atoms with E-state index in [4.69, 9.17) is 27.9 Å². The number of carbonyl (C=O) groups is 1. The van der Waals surface area contributed by atoms with Crippen LogP contribution in [0.1, 0.15) is 38.4 Å². The summed E-state index contributed by atoms with van der Waals surface area (Å²) in [6.07, 6.45) is 1.59. The lowest BCUT2D eigenvalue weighted by molar-refractivity contribution is -0.143. The van der Waals surface area contributed by atoms with Crippen LogP contribution in [-0.2, 0) is 9.53 Å². The Morgan fingerprint density at radius 1 is 1.29 bits per heavy atom. The Kier molecular flexibility index (Phi) is 5.91. The average Bonchev–Trinajstić information content (AvgIpc) is 2.47. The molecule has 3 nitrogen and oxygen atoms in total. The predicted octanol–water partition coefficient (Wildman–Crippen LogP) is 4.33. The molecule has 1 atom stereocenters. The minimum absolute atomic E-state index is 0.103. The largest absolute Gasteiger partial charge is 0.370 e. The average molecular weight is 330 g/mol. The zero-order valence-corrected chi connectivity index (χ0v) is 14.0. The summed E-state index contributed by atoms with van der Waals surface area (Å²) >= 11 is 12.1. The molecule has 0 aromatic heterocycles. The molecule has 1 aromatic carbocycles. The summed E-state index contributed by atoms with van der Waals surface area (Å²) in [5.74, 6) is 0.327. The Morgan fingerprint density at radius 2 is 1.90 bits per heavy atom. The van der Waals surface area contributed by atoms with Crippen LogP contribution in [0.4, 0.5) is 0 Å². The van der Waals surface area contributed by atoms with Crippen molar-refractivity contribution in [2.45, 2.75) is 32.8 Å². The molecule has 2 rings (SSSR count). The summed E-state index contributed by atoms with van der Waals surface area (Å²) in [5, 5.41) is 1.18. The Balaban J connectivity index is 2.11. The highest BCUT2D eigenvalue weighted by Gasteiger charge is 2.28. The van der Waals surface area contributed by atoms with Crippen molar-refractivity contribution in [3.63, 3.8) is 0 Å². The van der Waals surface area contributed by atoms with Crippen molar-refractivity contribution in [3.8, 4) is 0 Å². The lowest BCUT2D eigenvalue weighted by atomic mass is 10.0. The van der Waals surface area contributed by atoms with Gasteiger partial charge in [0.1, 0.15) is 6.10 Å². The van der Waals surface area contributed by atoms with Crippen LogP contribution in [0.5, 0.6) is 0 Å². The maximum Gasteiger partial charge on any atom is 0.225 e. The molecule has 1 aliphatic heterocycles. The molecule has 1 aromatic rings. The van der Waals surface area contributed by atoms with Gasteiger partial charge in [0.15, 0.2) is 0 Å². The zero-order chi connectivity index (χ0) is 15.4. The summed E-state index contributed by atoms with van der Waals surface area (Å²) in [7, 11) is 0. The molecule has 1 aliphatic rings. The van der Waals surface area contributed by atoms with Gasteiger partial charge in [0, 0.05) is 22.5 Å². The predicted molar refractivity (Wildman–Crippen MR) is 85.8 cm³/mol. The molecule has 0 saturated carbocycles. The van der Waals surface area contributed by atoms with Crippen LogP contribution in [0.25, 0.3) is 0 Å². The zero-order valence-electron chi connectivity index (χ0n) is 12.4. The number of hydrogen-bond donors (Lipinski definition) is 0. The maximum absolute atomic E-state index is 12.5. The summed E-state index contributed by atoms with van der Waals surface area (Å²) in [4.78, 5) is 14.4. The summed E-state index contributed by atoms with van der Waals surface area (Å²) < 4.78 is 5.79. The monoisotopic (exact) mass is 329 g/mol. The number of nitrogens with zero attached hydrogens (tertiary/aromatic N) is 1. The van der Waals surface area contributed by atoms with E-state index in [0.29, 0.717) is 29.7 Å². The van der Waals surface area contributed by atoms with Crippen molar-refractivity contribution in [1.82, 2.24) is 4.90 Å². The van der Waals surface area contributed by atoms with E-state index in [-0.39, 0.29) is 17.9 Å². The first-order valence-corrected chi connectivity index (χ1v) is 8.17. The number of hydrogen-bond acceptors (Lipinski definition) is 2. The Hall–Kier alpha value is -0.770. The van der Waals surface area contributed by atoms with Gasteiger partial charge in [0.2, 0.25) is 5.91 Å². The fraction of sp³-hybridized carbons (Fsp3) is 0.562. The molecule has 1 fully saturated rings. The Labute approximate surface area is 136 Å². The fourth-order valence-corrected chi connectivity index (χ4v) is 3.25. The number of rotatable bonds is 4. The minimum Gasteiger partial charge on any atom is -0.370 e. The number of amides is 1. The van der Waals surface area contributed by atoms with Crippen molar-refractivity contribution in [1.29, 1.82) is 0 Å². The summed E-state index contributed by atoms with van der Waals surface area (Å²) in [5.41, 5.74) is 0.926. The lowest BCUT2D eigenvalue weighted by Crippen LogP contribution is -2.44. The first-order valence-electron chi connectivity index (χ1n) is 7.41. The third kappa shape index (κ3) is 4.12. The van der Waals surface area contributed by atoms with Crippen molar-refractivity contribution >= 4 is 29.1 Å². The van der Waals surface area contributed by atoms with E-state index >= 15 is 0 Å². The normalized spacial score (nSPS) is 19.1. The quantitative estimate of drug-likeness (QED) is 0.822. The number of benzene rings is 1. The number of halogens is 2. The van der Waals surface area contributed by atoms with E-state index in [1.165, 1.54) is 0 Å². The van der Waals surface area contributed by atoms with Gasteiger partial charge in [0.05, 0.1) is 13.2 Å². The standard InChI is InChI=1S/C16H21Cl2NO2/c1-3-11(4-2)16(20)19-5-6-21-15(10-19)12-7-13(17)9-14(18)8-12/h7-9,11,15H,3-6,10H2,1-2H3. The molecule has 1 amide bonds. The molecule has 5 heteroatoms.